The van der Waals surface area contributed by atoms with Crippen molar-refractivity contribution in [2.45, 2.75) is 0 Å². The van der Waals surface area contributed by atoms with Crippen molar-refractivity contribution in [2.75, 3.05) is 16.2 Å². The Hall–Kier alpha value is -1.46. The summed E-state index contributed by atoms with van der Waals surface area (Å²) in [5, 5.41) is 4.13. The summed E-state index contributed by atoms with van der Waals surface area (Å²) < 4.78 is 49.7. The molecule has 0 aliphatic carbocycles. The Bertz CT molecular complexity index is 947. The lowest BCUT2D eigenvalue weighted by Gasteiger charge is -2.17. The molecule has 0 saturated heterocycles. The molecule has 0 unspecified atom stereocenters. The summed E-state index contributed by atoms with van der Waals surface area (Å²) in [5.41, 5.74) is 0.551. The molecule has 2 rings (SSSR count). The number of hydrogen-bond donors (Lipinski definition) is 0. The summed E-state index contributed by atoms with van der Waals surface area (Å²) in [6, 6.07) is 3.05. The largest absolute Gasteiger partial charge is 0.298 e. The molecule has 0 N–H and O–H groups in total. The molecule has 1 aromatic carbocycles. The van der Waals surface area contributed by atoms with E-state index >= 15 is 0 Å². The normalized spacial score (nSPS) is 12.5. The average Bonchev–Trinajstić information content (AvgIpc) is 2.65. The molecule has 0 radical (unpaired) electrons. The molecule has 1 aromatic heterocycles. The molecule has 0 fully saturated rings. The summed E-state index contributed by atoms with van der Waals surface area (Å²) in [4.78, 5) is 11.2. The fourth-order valence-electron chi connectivity index (χ4n) is 2.16. The first-order chi connectivity index (χ1) is 9.98. The van der Waals surface area contributed by atoms with Gasteiger partial charge in [0.25, 0.3) is 0 Å². The van der Waals surface area contributed by atoms with Crippen LogP contribution in [0.2, 0.25) is 0 Å². The Labute approximate surface area is 135 Å². The second kappa shape index (κ2) is 5.32. The second-order valence-electron chi connectivity index (χ2n) is 4.65. The highest BCUT2D eigenvalue weighted by molar-refractivity contribution is 9.10. The minimum absolute atomic E-state index is 0.138. The highest BCUT2D eigenvalue weighted by Crippen LogP contribution is 2.35. The van der Waals surface area contributed by atoms with Crippen molar-refractivity contribution < 1.29 is 21.6 Å². The SMILES string of the molecule is Cn1nc(N(S(C)(=O)=O)S(C)(=O)=O)c2c(C=O)ccc(Br)c21. The number of carbonyl (C=O) groups excluding carboxylic acids is 1. The zero-order chi connectivity index (χ0) is 16.9. The monoisotopic (exact) mass is 409 g/mol. The lowest BCUT2D eigenvalue weighted by Crippen LogP contribution is -2.35. The first-order valence-corrected chi connectivity index (χ1v) is 10.3. The first kappa shape index (κ1) is 16.9. The Kier molecular flexibility index (Phi) is 4.09. The van der Waals surface area contributed by atoms with Crippen LogP contribution >= 0.6 is 15.9 Å². The Morgan fingerprint density at radius 2 is 1.73 bits per heavy atom. The topological polar surface area (TPSA) is 106 Å². The molecular weight excluding hydrogens is 398 g/mol. The highest BCUT2D eigenvalue weighted by atomic mass is 79.9. The number of nitrogens with zero attached hydrogens (tertiary/aromatic N) is 3. The number of hydrogen-bond acceptors (Lipinski definition) is 6. The van der Waals surface area contributed by atoms with Gasteiger partial charge in [-0.05, 0) is 28.1 Å². The molecule has 1 heterocycles. The van der Waals surface area contributed by atoms with E-state index in [4.69, 9.17) is 0 Å². The van der Waals surface area contributed by atoms with Crippen molar-refractivity contribution in [3.63, 3.8) is 0 Å². The Morgan fingerprint density at radius 3 is 2.18 bits per heavy atom. The van der Waals surface area contributed by atoms with Crippen LogP contribution in [-0.2, 0) is 27.1 Å². The number of aldehydes is 1. The van der Waals surface area contributed by atoms with Crippen LogP contribution in [0.4, 0.5) is 5.82 Å². The maximum atomic E-state index is 11.9. The number of carbonyl (C=O) groups is 1. The van der Waals surface area contributed by atoms with Gasteiger partial charge in [0.15, 0.2) is 12.1 Å². The van der Waals surface area contributed by atoms with E-state index in [1.54, 1.807) is 6.07 Å². The van der Waals surface area contributed by atoms with E-state index in [2.05, 4.69) is 21.0 Å². The van der Waals surface area contributed by atoms with Gasteiger partial charge in [0.1, 0.15) is 0 Å². The van der Waals surface area contributed by atoms with Crippen LogP contribution in [0, 0.1) is 0 Å². The van der Waals surface area contributed by atoms with Crippen LogP contribution in [0.3, 0.4) is 0 Å². The van der Waals surface area contributed by atoms with E-state index in [0.29, 0.717) is 16.3 Å². The zero-order valence-corrected chi connectivity index (χ0v) is 15.0. The molecule has 8 nitrogen and oxygen atoms in total. The fourth-order valence-corrected chi connectivity index (χ4v) is 5.60. The number of rotatable bonds is 4. The summed E-state index contributed by atoms with van der Waals surface area (Å²) in [6.45, 7) is 0. The van der Waals surface area contributed by atoms with Crippen LogP contribution < -0.4 is 3.71 Å². The third-order valence-electron chi connectivity index (χ3n) is 2.86. The molecule has 0 saturated carbocycles. The van der Waals surface area contributed by atoms with Gasteiger partial charge in [0.2, 0.25) is 20.0 Å². The molecule has 11 heteroatoms. The summed E-state index contributed by atoms with van der Waals surface area (Å²) in [5.74, 6) is -0.328. The predicted molar refractivity (Wildman–Crippen MR) is 86.0 cm³/mol. The van der Waals surface area contributed by atoms with E-state index in [1.165, 1.54) is 17.8 Å². The second-order valence-corrected chi connectivity index (χ2v) is 9.40. The van der Waals surface area contributed by atoms with E-state index in [0.717, 1.165) is 12.5 Å². The summed E-state index contributed by atoms with van der Waals surface area (Å²) in [7, 11) is -6.78. The molecule has 22 heavy (non-hydrogen) atoms. The Morgan fingerprint density at radius 1 is 1.18 bits per heavy atom. The maximum absolute atomic E-state index is 11.9. The minimum atomic E-state index is -4.15. The number of aryl methyl sites for hydroxylation is 1. The molecule has 0 bridgehead atoms. The average molecular weight is 410 g/mol. The van der Waals surface area contributed by atoms with Gasteiger partial charge in [-0.3, -0.25) is 9.48 Å². The van der Waals surface area contributed by atoms with E-state index in [-0.39, 0.29) is 20.5 Å². The minimum Gasteiger partial charge on any atom is -0.298 e. The molecule has 0 amide bonds. The molecule has 120 valence electrons. The number of fused-ring (bicyclic) bond motifs is 1. The number of sulfonamides is 2. The van der Waals surface area contributed by atoms with E-state index in [1.807, 2.05) is 0 Å². The molecule has 0 aliphatic rings. The number of anilines is 1. The van der Waals surface area contributed by atoms with Crippen molar-refractivity contribution in [3.8, 4) is 0 Å². The zero-order valence-electron chi connectivity index (χ0n) is 11.8. The predicted octanol–water partition coefficient (Wildman–Crippen LogP) is 0.874. The highest BCUT2D eigenvalue weighted by Gasteiger charge is 2.33. The Balaban J connectivity index is 3.04. The lowest BCUT2D eigenvalue weighted by molar-refractivity contribution is 0.112. The van der Waals surface area contributed by atoms with Crippen molar-refractivity contribution in [2.24, 2.45) is 7.05 Å². The van der Waals surface area contributed by atoms with Crippen molar-refractivity contribution >= 4 is 59.0 Å². The van der Waals surface area contributed by atoms with Crippen LogP contribution in [0.15, 0.2) is 16.6 Å². The van der Waals surface area contributed by atoms with Gasteiger partial charge in [-0.2, -0.15) is 5.10 Å². The van der Waals surface area contributed by atoms with Gasteiger partial charge in [0.05, 0.1) is 23.4 Å². The fraction of sp³-hybridized carbons (Fsp3) is 0.273. The van der Waals surface area contributed by atoms with Crippen molar-refractivity contribution in [1.29, 1.82) is 0 Å². The van der Waals surface area contributed by atoms with Gasteiger partial charge in [-0.25, -0.2) is 16.8 Å². The quantitative estimate of drug-likeness (QED) is 0.693. The number of benzene rings is 1. The number of halogens is 1. The molecule has 0 spiro atoms. The molecular formula is C11H12BrN3O5S2. The first-order valence-electron chi connectivity index (χ1n) is 5.79. The van der Waals surface area contributed by atoms with Gasteiger partial charge >= 0.3 is 0 Å². The van der Waals surface area contributed by atoms with Crippen LogP contribution in [0.5, 0.6) is 0 Å². The van der Waals surface area contributed by atoms with Crippen LogP contribution in [0.1, 0.15) is 10.4 Å². The van der Waals surface area contributed by atoms with E-state index < -0.39 is 20.0 Å². The van der Waals surface area contributed by atoms with Gasteiger partial charge in [-0.1, -0.05) is 0 Å². The summed E-state index contributed by atoms with van der Waals surface area (Å²) >= 11 is 3.28. The van der Waals surface area contributed by atoms with Crippen molar-refractivity contribution in [3.05, 3.63) is 22.2 Å². The van der Waals surface area contributed by atoms with Gasteiger partial charge in [-0.15, -0.1) is 3.71 Å². The lowest BCUT2D eigenvalue weighted by atomic mass is 10.1. The molecule has 0 aliphatic heterocycles. The summed E-state index contributed by atoms with van der Waals surface area (Å²) in [6.07, 6.45) is 2.03. The molecule has 2 aromatic rings. The third-order valence-corrected chi connectivity index (χ3v) is 6.67. The van der Waals surface area contributed by atoms with Crippen molar-refractivity contribution in [1.82, 2.24) is 9.78 Å². The third kappa shape index (κ3) is 2.75. The van der Waals surface area contributed by atoms with Crippen LogP contribution in [0.25, 0.3) is 10.9 Å². The molecule has 0 atom stereocenters. The standard InChI is InChI=1S/C11H12BrN3O5S2/c1-14-10-8(12)5-4-7(6-16)9(10)11(13-14)15(21(2,17)18)22(3,19)20/h4-6H,1-3H3. The smallest absolute Gasteiger partial charge is 0.246 e. The maximum Gasteiger partial charge on any atom is 0.246 e. The van der Waals surface area contributed by atoms with E-state index in [9.17, 15) is 21.6 Å². The van der Waals surface area contributed by atoms with Gasteiger partial charge < -0.3 is 0 Å². The van der Waals surface area contributed by atoms with Gasteiger partial charge in [0, 0.05) is 17.1 Å². The van der Waals surface area contributed by atoms with Crippen LogP contribution in [-0.4, -0.2) is 45.4 Å². The number of aromatic nitrogens is 2.